The molecule has 8 heteroatoms. The Labute approximate surface area is 193 Å². The van der Waals surface area contributed by atoms with Gasteiger partial charge in [0.25, 0.3) is 11.1 Å². The molecule has 3 aromatic carbocycles. The fourth-order valence-corrected chi connectivity index (χ4v) is 4.06. The van der Waals surface area contributed by atoms with Crippen LogP contribution in [0.5, 0.6) is 11.5 Å². The van der Waals surface area contributed by atoms with E-state index in [9.17, 15) is 18.4 Å². The summed E-state index contributed by atoms with van der Waals surface area (Å²) in [6, 6.07) is 17.1. The van der Waals surface area contributed by atoms with Crippen molar-refractivity contribution in [1.82, 2.24) is 4.90 Å². The van der Waals surface area contributed by atoms with E-state index in [-0.39, 0.29) is 29.4 Å². The van der Waals surface area contributed by atoms with Gasteiger partial charge < -0.3 is 9.47 Å². The highest BCUT2D eigenvalue weighted by molar-refractivity contribution is 8.18. The number of halogens is 2. The Balaban J connectivity index is 1.52. The van der Waals surface area contributed by atoms with Gasteiger partial charge in [0, 0.05) is 5.56 Å². The highest BCUT2D eigenvalue weighted by Crippen LogP contribution is 2.35. The molecule has 1 aliphatic heterocycles. The number of ether oxygens (including phenoxy) is 2. The van der Waals surface area contributed by atoms with Crippen molar-refractivity contribution in [3.8, 4) is 11.5 Å². The first kappa shape index (κ1) is 22.5. The summed E-state index contributed by atoms with van der Waals surface area (Å²) in [6.45, 7) is 0.0581. The molecule has 0 N–H and O–H groups in total. The van der Waals surface area contributed by atoms with Crippen LogP contribution < -0.4 is 9.47 Å². The fourth-order valence-electron chi connectivity index (χ4n) is 3.22. The van der Waals surface area contributed by atoms with E-state index in [1.807, 2.05) is 0 Å². The molecule has 0 spiro atoms. The lowest BCUT2D eigenvalue weighted by molar-refractivity contribution is -0.123. The first-order chi connectivity index (χ1) is 15.9. The van der Waals surface area contributed by atoms with Crippen LogP contribution >= 0.6 is 11.8 Å². The Morgan fingerprint density at radius 1 is 0.970 bits per heavy atom. The number of hydrogen-bond donors (Lipinski definition) is 0. The third-order valence-corrected chi connectivity index (χ3v) is 5.86. The highest BCUT2D eigenvalue weighted by Gasteiger charge is 2.35. The van der Waals surface area contributed by atoms with Crippen LogP contribution in [0.1, 0.15) is 16.7 Å². The Kier molecular flexibility index (Phi) is 6.74. The van der Waals surface area contributed by atoms with Crippen molar-refractivity contribution in [2.24, 2.45) is 0 Å². The van der Waals surface area contributed by atoms with E-state index in [1.165, 1.54) is 31.4 Å². The number of benzene rings is 3. The number of carbonyl (C=O) groups excluding carboxylic acids is 2. The van der Waals surface area contributed by atoms with Crippen LogP contribution in [-0.4, -0.2) is 23.2 Å². The second-order valence-corrected chi connectivity index (χ2v) is 8.18. The molecule has 4 rings (SSSR count). The van der Waals surface area contributed by atoms with Gasteiger partial charge in [-0.1, -0.05) is 36.4 Å². The minimum atomic E-state index is -0.488. The van der Waals surface area contributed by atoms with E-state index in [0.717, 1.165) is 22.2 Å². The van der Waals surface area contributed by atoms with E-state index >= 15 is 0 Å². The normalized spacial score (nSPS) is 14.8. The van der Waals surface area contributed by atoms with Crippen molar-refractivity contribution in [3.05, 3.63) is 100.0 Å². The molecule has 1 heterocycles. The zero-order valence-corrected chi connectivity index (χ0v) is 18.4. The SMILES string of the molecule is COc1ccc(/C=C2\SC(=O)N(Cc3ccccc3F)C2=O)cc1OCc1ccc(F)cc1. The van der Waals surface area contributed by atoms with Gasteiger partial charge in [-0.3, -0.25) is 14.5 Å². The standard InChI is InChI=1S/C25H19F2NO4S/c1-31-21-11-8-17(12-22(21)32-15-16-6-9-19(26)10-7-16)13-23-24(29)28(25(30)33-23)14-18-4-2-3-5-20(18)27/h2-13H,14-15H2,1H3/b23-13-. The minimum Gasteiger partial charge on any atom is -0.493 e. The Morgan fingerprint density at radius 2 is 1.73 bits per heavy atom. The maximum absolute atomic E-state index is 14.0. The lowest BCUT2D eigenvalue weighted by Crippen LogP contribution is -2.27. The molecular weight excluding hydrogens is 448 g/mol. The zero-order valence-electron chi connectivity index (χ0n) is 17.6. The second-order valence-electron chi connectivity index (χ2n) is 7.18. The summed E-state index contributed by atoms with van der Waals surface area (Å²) in [7, 11) is 1.51. The third kappa shape index (κ3) is 5.23. The van der Waals surface area contributed by atoms with Crippen molar-refractivity contribution in [2.75, 3.05) is 7.11 Å². The second kappa shape index (κ2) is 9.87. The smallest absolute Gasteiger partial charge is 0.293 e. The van der Waals surface area contributed by atoms with Gasteiger partial charge in [0.1, 0.15) is 18.2 Å². The molecule has 0 atom stereocenters. The molecule has 0 aromatic heterocycles. The molecule has 1 saturated heterocycles. The Morgan fingerprint density at radius 3 is 2.45 bits per heavy atom. The lowest BCUT2D eigenvalue weighted by Gasteiger charge is -2.13. The van der Waals surface area contributed by atoms with Crippen LogP contribution in [0.4, 0.5) is 13.6 Å². The molecule has 2 amide bonds. The quantitative estimate of drug-likeness (QED) is 0.412. The molecule has 0 aliphatic carbocycles. The average molecular weight is 467 g/mol. The lowest BCUT2D eigenvalue weighted by atomic mass is 10.1. The summed E-state index contributed by atoms with van der Waals surface area (Å²) in [5.41, 5.74) is 1.67. The van der Waals surface area contributed by atoms with Crippen LogP contribution in [0, 0.1) is 11.6 Å². The predicted octanol–water partition coefficient (Wildman–Crippen LogP) is 5.79. The zero-order chi connectivity index (χ0) is 23.4. The van der Waals surface area contributed by atoms with Crippen LogP contribution in [0.3, 0.4) is 0 Å². The summed E-state index contributed by atoms with van der Waals surface area (Å²) < 4.78 is 38.2. The topological polar surface area (TPSA) is 55.8 Å². The van der Waals surface area contributed by atoms with E-state index in [1.54, 1.807) is 48.5 Å². The highest BCUT2D eigenvalue weighted by atomic mass is 32.2. The first-order valence-corrected chi connectivity index (χ1v) is 10.8. The van der Waals surface area contributed by atoms with Gasteiger partial charge in [-0.15, -0.1) is 0 Å². The molecule has 3 aromatic rings. The van der Waals surface area contributed by atoms with Crippen LogP contribution in [0.25, 0.3) is 6.08 Å². The van der Waals surface area contributed by atoms with Gasteiger partial charge in [-0.2, -0.15) is 0 Å². The molecular formula is C25H19F2NO4S. The number of hydrogen-bond acceptors (Lipinski definition) is 5. The van der Waals surface area contributed by atoms with Gasteiger partial charge in [-0.05, 0) is 59.3 Å². The van der Waals surface area contributed by atoms with Gasteiger partial charge in [0.2, 0.25) is 0 Å². The van der Waals surface area contributed by atoms with E-state index in [0.29, 0.717) is 17.1 Å². The molecule has 1 fully saturated rings. The van der Waals surface area contributed by atoms with Crippen LogP contribution in [0.15, 0.2) is 71.6 Å². The molecule has 5 nitrogen and oxygen atoms in total. The molecule has 0 saturated carbocycles. The maximum atomic E-state index is 14.0. The summed E-state index contributed by atoms with van der Waals surface area (Å²) in [4.78, 5) is 26.4. The van der Waals surface area contributed by atoms with Crippen LogP contribution in [-0.2, 0) is 17.9 Å². The Bertz CT molecular complexity index is 1230. The van der Waals surface area contributed by atoms with Gasteiger partial charge in [0.15, 0.2) is 11.5 Å². The van der Waals surface area contributed by atoms with Crippen molar-refractivity contribution in [3.63, 3.8) is 0 Å². The third-order valence-electron chi connectivity index (χ3n) is 4.95. The summed E-state index contributed by atoms with van der Waals surface area (Å²) in [6.07, 6.45) is 1.58. The van der Waals surface area contributed by atoms with E-state index in [4.69, 9.17) is 9.47 Å². The number of nitrogens with zero attached hydrogens (tertiary/aromatic N) is 1. The predicted molar refractivity (Wildman–Crippen MR) is 122 cm³/mol. The summed E-state index contributed by atoms with van der Waals surface area (Å²) >= 11 is 0.798. The molecule has 0 bridgehead atoms. The van der Waals surface area contributed by atoms with Gasteiger partial charge >= 0.3 is 0 Å². The monoisotopic (exact) mass is 467 g/mol. The van der Waals surface area contributed by atoms with Crippen molar-refractivity contribution >= 4 is 29.0 Å². The number of imide groups is 1. The molecule has 1 aliphatic rings. The molecule has 0 unspecified atom stereocenters. The van der Waals surface area contributed by atoms with Crippen molar-refractivity contribution in [2.45, 2.75) is 13.2 Å². The number of methoxy groups -OCH3 is 1. The summed E-state index contributed by atoms with van der Waals surface area (Å²) in [5, 5.41) is -0.462. The summed E-state index contributed by atoms with van der Waals surface area (Å²) in [5.74, 6) is -0.373. The number of thioether (sulfide) groups is 1. The van der Waals surface area contributed by atoms with Crippen molar-refractivity contribution < 1.29 is 27.8 Å². The number of rotatable bonds is 7. The van der Waals surface area contributed by atoms with Crippen LogP contribution in [0.2, 0.25) is 0 Å². The maximum Gasteiger partial charge on any atom is 0.293 e. The van der Waals surface area contributed by atoms with E-state index in [2.05, 4.69) is 0 Å². The fraction of sp³-hybridized carbons (Fsp3) is 0.120. The Hall–Kier alpha value is -3.65. The average Bonchev–Trinajstić information content (AvgIpc) is 3.07. The molecule has 0 radical (unpaired) electrons. The first-order valence-electron chi connectivity index (χ1n) is 9.98. The van der Waals surface area contributed by atoms with Gasteiger partial charge in [0.05, 0.1) is 18.6 Å². The molecule has 33 heavy (non-hydrogen) atoms. The van der Waals surface area contributed by atoms with Crippen molar-refractivity contribution in [1.29, 1.82) is 0 Å². The number of carbonyl (C=O) groups is 2. The minimum absolute atomic E-state index is 0.136. The molecule has 168 valence electrons. The number of amides is 2. The van der Waals surface area contributed by atoms with E-state index < -0.39 is 17.0 Å². The largest absolute Gasteiger partial charge is 0.493 e. The van der Waals surface area contributed by atoms with Gasteiger partial charge in [-0.25, -0.2) is 8.78 Å².